The Hall–Kier alpha value is -0.950. The van der Waals surface area contributed by atoms with Crippen molar-refractivity contribution in [2.45, 2.75) is 24.6 Å². The van der Waals surface area contributed by atoms with Crippen LogP contribution in [0.15, 0.2) is 17.5 Å². The first-order valence-corrected chi connectivity index (χ1v) is 7.29. The number of aliphatic hydroxyl groups is 1. The van der Waals surface area contributed by atoms with Gasteiger partial charge in [0.2, 0.25) is 5.91 Å². The molecule has 0 bridgehead atoms. The highest BCUT2D eigenvalue weighted by molar-refractivity contribution is 7.10. The lowest BCUT2D eigenvalue weighted by atomic mass is 10.1. The van der Waals surface area contributed by atoms with E-state index in [1.165, 1.54) is 11.3 Å². The van der Waals surface area contributed by atoms with E-state index in [9.17, 15) is 9.90 Å². The number of carbonyl (C=O) groups is 1. The van der Waals surface area contributed by atoms with Crippen LogP contribution in [0.1, 0.15) is 17.3 Å². The van der Waals surface area contributed by atoms with Crippen molar-refractivity contribution in [3.05, 3.63) is 22.4 Å². The maximum absolute atomic E-state index is 12.5. The standard InChI is InChI=1S/C13H21N3O2S/c1-15(2)7-9-6-10(17)8-16(9)13(18)12(14)11-4-3-5-19-11/h3-5,9-10,12,17H,6-8,14H2,1-2H3. The topological polar surface area (TPSA) is 69.8 Å². The average molecular weight is 283 g/mol. The summed E-state index contributed by atoms with van der Waals surface area (Å²) in [6.07, 6.45) is 0.186. The third-order valence-electron chi connectivity index (χ3n) is 3.37. The molecule has 0 aromatic carbocycles. The number of hydrogen-bond acceptors (Lipinski definition) is 5. The molecule has 1 aliphatic heterocycles. The summed E-state index contributed by atoms with van der Waals surface area (Å²) in [7, 11) is 3.93. The fraction of sp³-hybridized carbons (Fsp3) is 0.615. The minimum Gasteiger partial charge on any atom is -0.391 e. The molecule has 2 heterocycles. The second-order valence-corrected chi connectivity index (χ2v) is 6.27. The Balaban J connectivity index is 2.08. The van der Waals surface area contributed by atoms with Crippen LogP contribution in [-0.2, 0) is 4.79 Å². The zero-order valence-electron chi connectivity index (χ0n) is 11.3. The molecule has 1 fully saturated rings. The molecule has 3 N–H and O–H groups in total. The minimum atomic E-state index is -0.616. The number of aliphatic hydroxyl groups excluding tert-OH is 1. The quantitative estimate of drug-likeness (QED) is 0.832. The molecule has 19 heavy (non-hydrogen) atoms. The number of thiophene rings is 1. The summed E-state index contributed by atoms with van der Waals surface area (Å²) < 4.78 is 0. The van der Waals surface area contributed by atoms with E-state index < -0.39 is 12.1 Å². The lowest BCUT2D eigenvalue weighted by Gasteiger charge is -2.28. The molecule has 0 aliphatic carbocycles. The molecule has 6 heteroatoms. The molecular formula is C13H21N3O2S. The number of carbonyl (C=O) groups excluding carboxylic acids is 1. The first-order valence-electron chi connectivity index (χ1n) is 6.41. The molecule has 106 valence electrons. The van der Waals surface area contributed by atoms with Crippen LogP contribution in [0, 0.1) is 0 Å². The number of nitrogens with zero attached hydrogens (tertiary/aromatic N) is 2. The van der Waals surface area contributed by atoms with Crippen molar-refractivity contribution in [1.29, 1.82) is 0 Å². The molecule has 2 rings (SSSR count). The van der Waals surface area contributed by atoms with Gasteiger partial charge in [0.25, 0.3) is 0 Å². The van der Waals surface area contributed by atoms with Crippen molar-refractivity contribution < 1.29 is 9.90 Å². The van der Waals surface area contributed by atoms with E-state index in [0.29, 0.717) is 13.0 Å². The van der Waals surface area contributed by atoms with Gasteiger partial charge in [-0.05, 0) is 32.0 Å². The van der Waals surface area contributed by atoms with Crippen LogP contribution in [0.25, 0.3) is 0 Å². The summed E-state index contributed by atoms with van der Waals surface area (Å²) in [5.41, 5.74) is 6.03. The lowest BCUT2D eigenvalue weighted by molar-refractivity contribution is -0.134. The predicted molar refractivity (Wildman–Crippen MR) is 75.9 cm³/mol. The molecule has 1 amide bonds. The predicted octanol–water partition coefficient (Wildman–Crippen LogP) is 0.271. The van der Waals surface area contributed by atoms with Gasteiger partial charge in [-0.25, -0.2) is 0 Å². The van der Waals surface area contributed by atoms with Gasteiger partial charge >= 0.3 is 0 Å². The van der Waals surface area contributed by atoms with Crippen molar-refractivity contribution >= 4 is 17.2 Å². The summed E-state index contributed by atoms with van der Waals surface area (Å²) >= 11 is 1.49. The van der Waals surface area contributed by atoms with Crippen LogP contribution in [-0.4, -0.2) is 60.1 Å². The van der Waals surface area contributed by atoms with Crippen LogP contribution in [0.3, 0.4) is 0 Å². The number of likely N-dealkylation sites (tertiary alicyclic amines) is 1. The Labute approximate surface area is 117 Å². The highest BCUT2D eigenvalue weighted by atomic mass is 32.1. The molecule has 0 radical (unpaired) electrons. The van der Waals surface area contributed by atoms with Crippen molar-refractivity contribution in [2.24, 2.45) is 5.73 Å². The summed E-state index contributed by atoms with van der Waals surface area (Å²) in [6.45, 7) is 1.14. The minimum absolute atomic E-state index is 0.0449. The van der Waals surface area contributed by atoms with Crippen LogP contribution < -0.4 is 5.73 Å². The second-order valence-electron chi connectivity index (χ2n) is 5.29. The van der Waals surface area contributed by atoms with Crippen LogP contribution >= 0.6 is 11.3 Å². The Morgan fingerprint density at radius 2 is 2.42 bits per heavy atom. The Kier molecular flexibility index (Phi) is 4.57. The zero-order valence-corrected chi connectivity index (χ0v) is 12.1. The van der Waals surface area contributed by atoms with Crippen molar-refractivity contribution in [3.8, 4) is 0 Å². The van der Waals surface area contributed by atoms with Gasteiger partial charge in [0, 0.05) is 24.0 Å². The number of rotatable bonds is 4. The van der Waals surface area contributed by atoms with E-state index in [2.05, 4.69) is 0 Å². The third-order valence-corrected chi connectivity index (χ3v) is 4.32. The molecule has 1 aliphatic rings. The van der Waals surface area contributed by atoms with E-state index in [1.54, 1.807) is 4.90 Å². The molecule has 3 unspecified atom stereocenters. The van der Waals surface area contributed by atoms with E-state index in [1.807, 2.05) is 36.5 Å². The highest BCUT2D eigenvalue weighted by Gasteiger charge is 2.36. The van der Waals surface area contributed by atoms with Crippen LogP contribution in [0.5, 0.6) is 0 Å². The van der Waals surface area contributed by atoms with Crippen molar-refractivity contribution in [3.63, 3.8) is 0 Å². The molecule has 1 aromatic rings. The number of hydrogen-bond donors (Lipinski definition) is 2. The third kappa shape index (κ3) is 3.33. The molecule has 0 saturated carbocycles. The Morgan fingerprint density at radius 3 is 3.00 bits per heavy atom. The van der Waals surface area contributed by atoms with E-state index in [-0.39, 0.29) is 11.9 Å². The fourth-order valence-corrected chi connectivity index (χ4v) is 3.24. The van der Waals surface area contributed by atoms with E-state index in [4.69, 9.17) is 5.73 Å². The van der Waals surface area contributed by atoms with Gasteiger partial charge in [-0.15, -0.1) is 11.3 Å². The molecule has 1 aromatic heterocycles. The van der Waals surface area contributed by atoms with E-state index >= 15 is 0 Å². The first-order chi connectivity index (χ1) is 8.99. The smallest absolute Gasteiger partial charge is 0.245 e. The summed E-state index contributed by atoms with van der Waals surface area (Å²) in [5, 5.41) is 11.7. The molecule has 5 nitrogen and oxygen atoms in total. The van der Waals surface area contributed by atoms with Crippen molar-refractivity contribution in [2.75, 3.05) is 27.2 Å². The SMILES string of the molecule is CN(C)CC1CC(O)CN1C(=O)C(N)c1cccs1. The monoisotopic (exact) mass is 283 g/mol. The molecule has 1 saturated heterocycles. The van der Waals surface area contributed by atoms with Crippen LogP contribution in [0.2, 0.25) is 0 Å². The Morgan fingerprint density at radius 1 is 1.68 bits per heavy atom. The number of likely N-dealkylation sites (N-methyl/N-ethyl adjacent to an activating group) is 1. The number of amides is 1. The van der Waals surface area contributed by atoms with Gasteiger partial charge < -0.3 is 20.6 Å². The average Bonchev–Trinajstić information content (AvgIpc) is 2.96. The molecular weight excluding hydrogens is 262 g/mol. The summed E-state index contributed by atoms with van der Waals surface area (Å²) in [4.78, 5) is 17.1. The number of nitrogens with two attached hydrogens (primary N) is 1. The van der Waals surface area contributed by atoms with Gasteiger partial charge in [-0.2, -0.15) is 0 Å². The highest BCUT2D eigenvalue weighted by Crippen LogP contribution is 2.25. The molecule has 0 spiro atoms. The number of β-amino-alcohol motifs (C(OH)–C–C–N with tert-alkyl or cyclic N) is 1. The van der Waals surface area contributed by atoms with Crippen molar-refractivity contribution in [1.82, 2.24) is 9.80 Å². The summed E-state index contributed by atoms with van der Waals surface area (Å²) in [5.74, 6) is -0.0918. The van der Waals surface area contributed by atoms with Gasteiger partial charge in [0.1, 0.15) is 6.04 Å². The van der Waals surface area contributed by atoms with Gasteiger partial charge in [-0.3, -0.25) is 4.79 Å². The first kappa shape index (κ1) is 14.5. The summed E-state index contributed by atoms with van der Waals surface area (Å²) in [6, 6.07) is 3.20. The second kappa shape index (κ2) is 6.00. The largest absolute Gasteiger partial charge is 0.391 e. The maximum atomic E-state index is 12.5. The Bertz CT molecular complexity index is 422. The maximum Gasteiger partial charge on any atom is 0.245 e. The van der Waals surface area contributed by atoms with Gasteiger partial charge in [0.15, 0.2) is 0 Å². The zero-order chi connectivity index (χ0) is 14.0. The van der Waals surface area contributed by atoms with Gasteiger partial charge in [-0.1, -0.05) is 6.07 Å². The normalized spacial score (nSPS) is 25.0. The van der Waals surface area contributed by atoms with Crippen LogP contribution in [0.4, 0.5) is 0 Å². The fourth-order valence-electron chi connectivity index (χ4n) is 2.53. The van der Waals surface area contributed by atoms with E-state index in [0.717, 1.165) is 11.4 Å². The lowest BCUT2D eigenvalue weighted by Crippen LogP contribution is -2.45. The molecule has 3 atom stereocenters. The van der Waals surface area contributed by atoms with Gasteiger partial charge in [0.05, 0.1) is 6.10 Å².